The van der Waals surface area contributed by atoms with Gasteiger partial charge in [0.1, 0.15) is 12.1 Å². The smallest absolute Gasteiger partial charge is 0.146 e. The van der Waals surface area contributed by atoms with Gasteiger partial charge in [-0.25, -0.2) is 9.07 Å². The summed E-state index contributed by atoms with van der Waals surface area (Å²) in [4.78, 5) is 0. The molecule has 21 heavy (non-hydrogen) atoms. The first-order chi connectivity index (χ1) is 10.2. The van der Waals surface area contributed by atoms with Gasteiger partial charge in [0.15, 0.2) is 0 Å². The largest absolute Gasteiger partial charge is 0.378 e. The Labute approximate surface area is 125 Å². The molecule has 3 rings (SSSR count). The van der Waals surface area contributed by atoms with Crippen LogP contribution < -0.4 is 5.32 Å². The van der Waals surface area contributed by atoms with Crippen molar-refractivity contribution >= 4 is 17.3 Å². The van der Waals surface area contributed by atoms with Crippen LogP contribution in [0.15, 0.2) is 48.8 Å². The first-order valence-electron chi connectivity index (χ1n) is 6.24. The van der Waals surface area contributed by atoms with E-state index in [1.165, 1.54) is 17.1 Å². The van der Waals surface area contributed by atoms with Crippen LogP contribution in [-0.4, -0.2) is 20.2 Å². The molecule has 0 fully saturated rings. The van der Waals surface area contributed by atoms with Gasteiger partial charge in [0, 0.05) is 11.6 Å². The molecule has 0 saturated carbocycles. The molecule has 5 nitrogen and oxygen atoms in total. The molecule has 7 heteroatoms. The zero-order valence-corrected chi connectivity index (χ0v) is 11.6. The van der Waals surface area contributed by atoms with Crippen LogP contribution in [-0.2, 0) is 6.54 Å². The van der Waals surface area contributed by atoms with Crippen LogP contribution in [0.4, 0.5) is 10.1 Å². The molecule has 0 unspecified atom stereocenters. The van der Waals surface area contributed by atoms with E-state index in [4.69, 9.17) is 11.6 Å². The SMILES string of the molecule is Fc1ccc(-n2cnnn2)cc1NCc1ccccc1Cl. The van der Waals surface area contributed by atoms with Gasteiger partial charge in [0.25, 0.3) is 0 Å². The van der Waals surface area contributed by atoms with E-state index in [1.54, 1.807) is 18.2 Å². The Hall–Kier alpha value is -2.47. The molecule has 1 N–H and O–H groups in total. The first kappa shape index (κ1) is 13.5. The van der Waals surface area contributed by atoms with Gasteiger partial charge in [0.05, 0.1) is 11.4 Å². The molecule has 1 aromatic heterocycles. The highest BCUT2D eigenvalue weighted by atomic mass is 35.5. The summed E-state index contributed by atoms with van der Waals surface area (Å²) in [6, 6.07) is 12.0. The highest BCUT2D eigenvalue weighted by Crippen LogP contribution is 2.21. The van der Waals surface area contributed by atoms with Crippen LogP contribution in [0.5, 0.6) is 0 Å². The zero-order chi connectivity index (χ0) is 14.7. The molecule has 0 spiro atoms. The maximum Gasteiger partial charge on any atom is 0.146 e. The number of hydrogen-bond donors (Lipinski definition) is 1. The van der Waals surface area contributed by atoms with Crippen molar-refractivity contribution in [3.8, 4) is 5.69 Å². The van der Waals surface area contributed by atoms with E-state index < -0.39 is 0 Å². The molecular formula is C14H11ClFN5. The monoisotopic (exact) mass is 303 g/mol. The van der Waals surface area contributed by atoms with E-state index >= 15 is 0 Å². The third-order valence-corrected chi connectivity index (χ3v) is 3.36. The number of aromatic nitrogens is 4. The number of halogens is 2. The lowest BCUT2D eigenvalue weighted by atomic mass is 10.2. The van der Waals surface area contributed by atoms with Gasteiger partial charge < -0.3 is 5.32 Å². The number of nitrogens with zero attached hydrogens (tertiary/aromatic N) is 4. The highest BCUT2D eigenvalue weighted by Gasteiger charge is 2.06. The van der Waals surface area contributed by atoms with E-state index in [9.17, 15) is 4.39 Å². The standard InChI is InChI=1S/C14H11ClFN5/c15-12-4-2-1-3-10(12)8-17-14-7-11(5-6-13(14)16)21-9-18-19-20-21/h1-7,9,17H,8H2. The summed E-state index contributed by atoms with van der Waals surface area (Å²) in [5, 5.41) is 14.6. The Balaban J connectivity index is 1.82. The fourth-order valence-electron chi connectivity index (χ4n) is 1.90. The van der Waals surface area contributed by atoms with E-state index in [2.05, 4.69) is 20.8 Å². The van der Waals surface area contributed by atoms with Crippen LogP contribution in [0.3, 0.4) is 0 Å². The molecule has 2 aromatic carbocycles. The lowest BCUT2D eigenvalue weighted by Gasteiger charge is -2.10. The van der Waals surface area contributed by atoms with Crippen LogP contribution in [0.25, 0.3) is 5.69 Å². The third-order valence-electron chi connectivity index (χ3n) is 2.99. The van der Waals surface area contributed by atoms with Crippen molar-refractivity contribution in [2.45, 2.75) is 6.54 Å². The molecule has 0 aliphatic heterocycles. The van der Waals surface area contributed by atoms with E-state index in [0.29, 0.717) is 22.9 Å². The molecular weight excluding hydrogens is 293 g/mol. The average molecular weight is 304 g/mol. The molecule has 0 atom stereocenters. The molecule has 1 heterocycles. The molecule has 0 bridgehead atoms. The molecule has 3 aromatic rings. The summed E-state index contributed by atoms with van der Waals surface area (Å²) in [6.45, 7) is 0.426. The third kappa shape index (κ3) is 3.00. The Morgan fingerprint density at radius 1 is 1.19 bits per heavy atom. The molecule has 0 aliphatic carbocycles. The number of rotatable bonds is 4. The molecule has 106 valence electrons. The van der Waals surface area contributed by atoms with Gasteiger partial charge in [-0.2, -0.15) is 0 Å². The lowest BCUT2D eigenvalue weighted by molar-refractivity contribution is 0.629. The quantitative estimate of drug-likeness (QED) is 0.805. The van der Waals surface area contributed by atoms with E-state index in [1.807, 2.05) is 18.2 Å². The molecule has 0 saturated heterocycles. The maximum absolute atomic E-state index is 13.9. The van der Waals surface area contributed by atoms with Crippen molar-refractivity contribution in [2.24, 2.45) is 0 Å². The van der Waals surface area contributed by atoms with Gasteiger partial charge in [-0.3, -0.25) is 0 Å². The summed E-state index contributed by atoms with van der Waals surface area (Å²) in [7, 11) is 0. The van der Waals surface area contributed by atoms with Crippen molar-refractivity contribution in [1.29, 1.82) is 0 Å². The van der Waals surface area contributed by atoms with Crippen molar-refractivity contribution in [1.82, 2.24) is 20.2 Å². The van der Waals surface area contributed by atoms with Gasteiger partial charge in [-0.05, 0) is 40.3 Å². The summed E-state index contributed by atoms with van der Waals surface area (Å²) < 4.78 is 15.3. The van der Waals surface area contributed by atoms with Crippen molar-refractivity contribution in [2.75, 3.05) is 5.32 Å². The van der Waals surface area contributed by atoms with Crippen LogP contribution >= 0.6 is 11.6 Å². The normalized spacial score (nSPS) is 10.6. The molecule has 0 radical (unpaired) electrons. The summed E-state index contributed by atoms with van der Waals surface area (Å²) in [5.74, 6) is -0.348. The highest BCUT2D eigenvalue weighted by molar-refractivity contribution is 6.31. The minimum Gasteiger partial charge on any atom is -0.378 e. The minimum absolute atomic E-state index is 0.348. The van der Waals surface area contributed by atoms with Gasteiger partial charge in [0.2, 0.25) is 0 Å². The van der Waals surface area contributed by atoms with E-state index in [-0.39, 0.29) is 5.82 Å². The van der Waals surface area contributed by atoms with Crippen molar-refractivity contribution in [3.63, 3.8) is 0 Å². The molecule has 0 amide bonds. The Bertz CT molecular complexity index is 745. The van der Waals surface area contributed by atoms with Gasteiger partial charge in [-0.15, -0.1) is 5.10 Å². The summed E-state index contributed by atoms with van der Waals surface area (Å²) in [6.07, 6.45) is 1.45. The van der Waals surface area contributed by atoms with Crippen LogP contribution in [0.1, 0.15) is 5.56 Å². The zero-order valence-electron chi connectivity index (χ0n) is 10.9. The maximum atomic E-state index is 13.9. The number of tetrazole rings is 1. The van der Waals surface area contributed by atoms with E-state index in [0.717, 1.165) is 5.56 Å². The second-order valence-corrected chi connectivity index (χ2v) is 4.77. The summed E-state index contributed by atoms with van der Waals surface area (Å²) >= 11 is 6.08. The van der Waals surface area contributed by atoms with Crippen molar-refractivity contribution in [3.05, 3.63) is 65.2 Å². The topological polar surface area (TPSA) is 55.6 Å². The molecule has 0 aliphatic rings. The minimum atomic E-state index is -0.348. The first-order valence-corrected chi connectivity index (χ1v) is 6.62. The van der Waals surface area contributed by atoms with Crippen LogP contribution in [0.2, 0.25) is 5.02 Å². The van der Waals surface area contributed by atoms with Crippen molar-refractivity contribution < 1.29 is 4.39 Å². The van der Waals surface area contributed by atoms with Crippen LogP contribution in [0, 0.1) is 5.82 Å². The second kappa shape index (κ2) is 5.88. The number of benzene rings is 2. The predicted octanol–water partition coefficient (Wildman–Crippen LogP) is 3.07. The number of hydrogen-bond acceptors (Lipinski definition) is 4. The average Bonchev–Trinajstić information content (AvgIpc) is 3.02. The Morgan fingerprint density at radius 3 is 2.81 bits per heavy atom. The predicted molar refractivity (Wildman–Crippen MR) is 77.9 cm³/mol. The lowest BCUT2D eigenvalue weighted by Crippen LogP contribution is -2.04. The Kier molecular flexibility index (Phi) is 3.79. The summed E-state index contributed by atoms with van der Waals surface area (Å²) in [5.41, 5.74) is 1.93. The second-order valence-electron chi connectivity index (χ2n) is 4.36. The fourth-order valence-corrected chi connectivity index (χ4v) is 2.11. The Morgan fingerprint density at radius 2 is 2.05 bits per heavy atom. The number of nitrogens with one attached hydrogen (secondary N) is 1. The number of anilines is 1. The van der Waals surface area contributed by atoms with Gasteiger partial charge in [-0.1, -0.05) is 29.8 Å². The fraction of sp³-hybridized carbons (Fsp3) is 0.0714. The van der Waals surface area contributed by atoms with Gasteiger partial charge >= 0.3 is 0 Å².